The molecular formula is C13H17ClFNO2. The number of nitrogens with two attached hydrogens (primary N) is 1. The van der Waals surface area contributed by atoms with Gasteiger partial charge in [-0.15, -0.1) is 0 Å². The fraction of sp³-hybridized carbons (Fsp3) is 0.538. The number of benzene rings is 1. The van der Waals surface area contributed by atoms with Gasteiger partial charge >= 0.3 is 0 Å². The van der Waals surface area contributed by atoms with Crippen LogP contribution in [0.15, 0.2) is 6.07 Å². The van der Waals surface area contributed by atoms with Gasteiger partial charge in [-0.3, -0.25) is 0 Å². The molecule has 3 N–H and O–H groups in total. The summed E-state index contributed by atoms with van der Waals surface area (Å²) in [6.07, 6.45) is 4.47. The number of rotatable bonds is 2. The summed E-state index contributed by atoms with van der Waals surface area (Å²) in [6.45, 7) is 0. The zero-order valence-corrected chi connectivity index (χ0v) is 11.1. The molecular weight excluding hydrogens is 257 g/mol. The van der Waals surface area contributed by atoms with E-state index in [4.69, 9.17) is 22.1 Å². The molecule has 1 saturated carbocycles. The Kier molecular flexibility index (Phi) is 3.69. The maximum atomic E-state index is 13.7. The van der Waals surface area contributed by atoms with Crippen LogP contribution in [0.4, 0.5) is 4.39 Å². The quantitative estimate of drug-likeness (QED) is 0.869. The minimum absolute atomic E-state index is 0.0472. The standard InChI is InChI=1S/C13H17ClFNO2/c1-18-12-9(17)7-8(15)11(14)10(12)13(16)5-3-2-4-6-13/h7,17H,2-6,16H2,1H3. The van der Waals surface area contributed by atoms with E-state index in [1.165, 1.54) is 7.11 Å². The van der Waals surface area contributed by atoms with Crippen LogP contribution >= 0.6 is 11.6 Å². The predicted molar refractivity (Wildman–Crippen MR) is 68.6 cm³/mol. The maximum Gasteiger partial charge on any atom is 0.167 e. The van der Waals surface area contributed by atoms with Gasteiger partial charge in [0.1, 0.15) is 5.82 Å². The fourth-order valence-electron chi connectivity index (χ4n) is 2.68. The van der Waals surface area contributed by atoms with Gasteiger partial charge in [-0.05, 0) is 12.8 Å². The van der Waals surface area contributed by atoms with E-state index in [9.17, 15) is 9.50 Å². The SMILES string of the molecule is COc1c(O)cc(F)c(Cl)c1C1(N)CCCCC1. The van der Waals surface area contributed by atoms with Gasteiger partial charge in [0.2, 0.25) is 0 Å². The lowest BCUT2D eigenvalue weighted by molar-refractivity contribution is 0.282. The number of methoxy groups -OCH3 is 1. The minimum atomic E-state index is -0.722. The Hall–Kier alpha value is -1.00. The third kappa shape index (κ3) is 2.15. The number of hydrogen-bond acceptors (Lipinski definition) is 3. The molecule has 0 amide bonds. The van der Waals surface area contributed by atoms with Crippen molar-refractivity contribution in [3.63, 3.8) is 0 Å². The van der Waals surface area contributed by atoms with Crippen LogP contribution in [0.2, 0.25) is 5.02 Å². The number of hydrogen-bond donors (Lipinski definition) is 2. The van der Waals surface area contributed by atoms with Crippen LogP contribution in [0.5, 0.6) is 11.5 Å². The van der Waals surface area contributed by atoms with Crippen LogP contribution < -0.4 is 10.5 Å². The summed E-state index contributed by atoms with van der Waals surface area (Å²) in [6, 6.07) is 0.955. The lowest BCUT2D eigenvalue weighted by Crippen LogP contribution is -2.39. The van der Waals surface area contributed by atoms with Crippen molar-refractivity contribution < 1.29 is 14.2 Å². The van der Waals surface area contributed by atoms with Crippen molar-refractivity contribution in [2.24, 2.45) is 5.73 Å². The second kappa shape index (κ2) is 4.94. The predicted octanol–water partition coefficient (Wildman–Crippen LogP) is 3.31. The molecule has 0 aromatic heterocycles. The molecule has 0 saturated heterocycles. The highest BCUT2D eigenvalue weighted by atomic mass is 35.5. The lowest BCUT2D eigenvalue weighted by Gasteiger charge is -2.35. The van der Waals surface area contributed by atoms with Gasteiger partial charge in [0.25, 0.3) is 0 Å². The molecule has 0 atom stereocenters. The first-order valence-corrected chi connectivity index (χ1v) is 6.42. The van der Waals surface area contributed by atoms with E-state index in [0.29, 0.717) is 18.4 Å². The molecule has 5 heteroatoms. The van der Waals surface area contributed by atoms with Crippen molar-refractivity contribution in [3.05, 3.63) is 22.5 Å². The van der Waals surface area contributed by atoms with Crippen molar-refractivity contribution in [2.75, 3.05) is 7.11 Å². The first kappa shape index (κ1) is 13.4. The molecule has 1 aliphatic rings. The van der Waals surface area contributed by atoms with Crippen molar-refractivity contribution in [3.8, 4) is 11.5 Å². The first-order chi connectivity index (χ1) is 8.49. The fourth-order valence-corrected chi connectivity index (χ4v) is 3.01. The monoisotopic (exact) mass is 273 g/mol. The largest absolute Gasteiger partial charge is 0.504 e. The third-order valence-electron chi connectivity index (χ3n) is 3.60. The summed E-state index contributed by atoms with van der Waals surface area (Å²) < 4.78 is 18.8. The lowest BCUT2D eigenvalue weighted by atomic mass is 9.77. The van der Waals surface area contributed by atoms with Gasteiger partial charge in [-0.1, -0.05) is 30.9 Å². The summed E-state index contributed by atoms with van der Waals surface area (Å²) in [5.74, 6) is -0.740. The van der Waals surface area contributed by atoms with Crippen LogP contribution in [-0.2, 0) is 5.54 Å². The molecule has 1 aliphatic carbocycles. The van der Waals surface area contributed by atoms with E-state index in [2.05, 4.69) is 0 Å². The van der Waals surface area contributed by atoms with Gasteiger partial charge in [0, 0.05) is 17.2 Å². The van der Waals surface area contributed by atoms with Crippen molar-refractivity contribution >= 4 is 11.6 Å². The number of phenols is 1. The summed E-state index contributed by atoms with van der Waals surface area (Å²) in [5.41, 5.74) is 6.02. The Morgan fingerprint density at radius 1 is 1.39 bits per heavy atom. The third-order valence-corrected chi connectivity index (χ3v) is 3.97. The smallest absolute Gasteiger partial charge is 0.167 e. The van der Waals surface area contributed by atoms with Crippen molar-refractivity contribution in [2.45, 2.75) is 37.6 Å². The number of ether oxygens (including phenoxy) is 1. The number of aromatic hydroxyl groups is 1. The summed E-state index contributed by atoms with van der Waals surface area (Å²) in [7, 11) is 1.42. The Morgan fingerprint density at radius 3 is 2.56 bits per heavy atom. The van der Waals surface area contributed by atoms with Gasteiger partial charge in [-0.25, -0.2) is 4.39 Å². The molecule has 18 heavy (non-hydrogen) atoms. The molecule has 0 aliphatic heterocycles. The van der Waals surface area contributed by atoms with Gasteiger partial charge in [-0.2, -0.15) is 0 Å². The van der Waals surface area contributed by atoms with E-state index in [-0.39, 0.29) is 16.5 Å². The molecule has 0 heterocycles. The second-order valence-electron chi connectivity index (χ2n) is 4.82. The van der Waals surface area contributed by atoms with E-state index < -0.39 is 11.4 Å². The van der Waals surface area contributed by atoms with E-state index in [1.807, 2.05) is 0 Å². The van der Waals surface area contributed by atoms with Crippen LogP contribution in [0.1, 0.15) is 37.7 Å². The van der Waals surface area contributed by atoms with E-state index >= 15 is 0 Å². The maximum absolute atomic E-state index is 13.7. The summed E-state index contributed by atoms with van der Waals surface area (Å²) >= 11 is 6.03. The summed E-state index contributed by atoms with van der Waals surface area (Å²) in [4.78, 5) is 0. The van der Waals surface area contributed by atoms with Gasteiger partial charge in [0.05, 0.1) is 12.1 Å². The highest BCUT2D eigenvalue weighted by molar-refractivity contribution is 6.32. The first-order valence-electron chi connectivity index (χ1n) is 6.04. The molecule has 3 nitrogen and oxygen atoms in total. The average Bonchev–Trinajstić information content (AvgIpc) is 2.34. The molecule has 2 rings (SSSR count). The molecule has 0 bridgehead atoms. The Bertz CT molecular complexity index is 459. The molecule has 0 unspecified atom stereocenters. The molecule has 1 aromatic rings. The normalized spacial score (nSPS) is 18.7. The van der Waals surface area contributed by atoms with Crippen LogP contribution in [-0.4, -0.2) is 12.2 Å². The molecule has 100 valence electrons. The number of phenolic OH excluding ortho intramolecular Hbond substituents is 1. The number of halogens is 2. The Balaban J connectivity index is 2.60. The minimum Gasteiger partial charge on any atom is -0.504 e. The Morgan fingerprint density at radius 2 is 2.00 bits per heavy atom. The Labute approximate surface area is 111 Å². The van der Waals surface area contributed by atoms with Crippen LogP contribution in [0.3, 0.4) is 0 Å². The van der Waals surface area contributed by atoms with Crippen LogP contribution in [0.25, 0.3) is 0 Å². The van der Waals surface area contributed by atoms with Crippen molar-refractivity contribution in [1.29, 1.82) is 0 Å². The zero-order chi connectivity index (χ0) is 13.3. The molecule has 0 spiro atoms. The molecule has 0 radical (unpaired) electrons. The average molecular weight is 274 g/mol. The summed E-state index contributed by atoms with van der Waals surface area (Å²) in [5, 5.41) is 9.72. The van der Waals surface area contributed by atoms with E-state index in [0.717, 1.165) is 25.3 Å². The highest BCUT2D eigenvalue weighted by Crippen LogP contribution is 2.47. The van der Waals surface area contributed by atoms with Gasteiger partial charge in [0.15, 0.2) is 11.5 Å². The molecule has 1 aromatic carbocycles. The zero-order valence-electron chi connectivity index (χ0n) is 10.3. The topological polar surface area (TPSA) is 55.5 Å². The van der Waals surface area contributed by atoms with Gasteiger partial charge < -0.3 is 15.6 Å². The van der Waals surface area contributed by atoms with E-state index in [1.54, 1.807) is 0 Å². The highest BCUT2D eigenvalue weighted by Gasteiger charge is 2.36. The second-order valence-corrected chi connectivity index (χ2v) is 5.19. The molecule has 1 fully saturated rings. The van der Waals surface area contributed by atoms with Crippen LogP contribution in [0, 0.1) is 5.82 Å². The van der Waals surface area contributed by atoms with Crippen molar-refractivity contribution in [1.82, 2.24) is 0 Å².